The molecule has 0 heterocycles. The number of amides is 3. The third-order valence-corrected chi connectivity index (χ3v) is 6.55. The van der Waals surface area contributed by atoms with Gasteiger partial charge in [-0.2, -0.15) is 0 Å². The summed E-state index contributed by atoms with van der Waals surface area (Å²) in [5.41, 5.74) is 0.876. The molecule has 0 aromatic heterocycles. The summed E-state index contributed by atoms with van der Waals surface area (Å²) < 4.78 is 32.2. The maximum absolute atomic E-state index is 13.0. The van der Waals surface area contributed by atoms with Gasteiger partial charge in [-0.15, -0.1) is 0 Å². The van der Waals surface area contributed by atoms with Crippen LogP contribution in [0.2, 0.25) is 0 Å². The van der Waals surface area contributed by atoms with Gasteiger partial charge in [-0.05, 0) is 49.4 Å². The van der Waals surface area contributed by atoms with Crippen LogP contribution in [0.3, 0.4) is 0 Å². The van der Waals surface area contributed by atoms with Gasteiger partial charge >= 0.3 is 12.0 Å². The second-order valence-corrected chi connectivity index (χ2v) is 9.16. The number of carbonyl (C=O) groups is 3. The Morgan fingerprint density at radius 2 is 1.50 bits per heavy atom. The van der Waals surface area contributed by atoms with Gasteiger partial charge in [-0.1, -0.05) is 42.5 Å². The van der Waals surface area contributed by atoms with Crippen LogP contribution in [-0.4, -0.2) is 39.5 Å². The van der Waals surface area contributed by atoms with E-state index in [0.717, 1.165) is 4.31 Å². The normalized spacial score (nSPS) is 11.7. The number of urea groups is 1. The Kier molecular flexibility index (Phi) is 7.64. The molecule has 0 fully saturated rings. The minimum atomic E-state index is -3.95. The van der Waals surface area contributed by atoms with Crippen molar-refractivity contribution in [2.75, 3.05) is 16.7 Å². The fraction of sp³-hybridized carbons (Fsp3) is 0.125. The quantitative estimate of drug-likeness (QED) is 0.499. The lowest BCUT2D eigenvalue weighted by Crippen LogP contribution is -2.41. The molecule has 3 amide bonds. The number of sulfonamides is 1. The van der Waals surface area contributed by atoms with E-state index in [2.05, 4.69) is 10.6 Å². The highest BCUT2D eigenvalue weighted by Crippen LogP contribution is 2.22. The first-order valence-electron chi connectivity index (χ1n) is 10.2. The van der Waals surface area contributed by atoms with Crippen LogP contribution in [-0.2, 0) is 19.6 Å². The smallest absolute Gasteiger partial charge is 0.338 e. The Morgan fingerprint density at radius 3 is 2.15 bits per heavy atom. The predicted molar refractivity (Wildman–Crippen MR) is 127 cm³/mol. The van der Waals surface area contributed by atoms with E-state index in [1.165, 1.54) is 38.2 Å². The molecule has 9 nitrogen and oxygen atoms in total. The fourth-order valence-electron chi connectivity index (χ4n) is 2.90. The fourth-order valence-corrected chi connectivity index (χ4v) is 4.14. The number of para-hydroxylation sites is 2. The van der Waals surface area contributed by atoms with E-state index in [1.54, 1.807) is 60.7 Å². The molecular weight excluding hydrogens is 458 g/mol. The van der Waals surface area contributed by atoms with Crippen molar-refractivity contribution in [2.24, 2.45) is 0 Å². The van der Waals surface area contributed by atoms with Gasteiger partial charge in [0.05, 0.1) is 16.1 Å². The van der Waals surface area contributed by atoms with E-state index in [-0.39, 0.29) is 10.5 Å². The molecule has 0 aliphatic carbocycles. The zero-order valence-corrected chi connectivity index (χ0v) is 19.3. The molecule has 0 aliphatic heterocycles. The van der Waals surface area contributed by atoms with E-state index in [4.69, 9.17) is 4.74 Å². The van der Waals surface area contributed by atoms with E-state index in [1.807, 2.05) is 0 Å². The summed E-state index contributed by atoms with van der Waals surface area (Å²) in [5.74, 6) is -1.75. The third-order valence-electron chi connectivity index (χ3n) is 4.77. The van der Waals surface area contributed by atoms with Gasteiger partial charge < -0.3 is 10.1 Å². The lowest BCUT2D eigenvalue weighted by Gasteiger charge is -2.20. The van der Waals surface area contributed by atoms with Crippen molar-refractivity contribution in [3.05, 3.63) is 90.5 Å². The van der Waals surface area contributed by atoms with Crippen molar-refractivity contribution in [2.45, 2.75) is 17.9 Å². The lowest BCUT2D eigenvalue weighted by atomic mass is 10.2. The number of nitrogens with one attached hydrogen (secondary N) is 2. The Bertz CT molecular complexity index is 1280. The van der Waals surface area contributed by atoms with Crippen molar-refractivity contribution in [1.29, 1.82) is 0 Å². The molecule has 1 atom stereocenters. The average Bonchev–Trinajstić information content (AvgIpc) is 2.84. The molecule has 3 aromatic carbocycles. The number of carbonyl (C=O) groups excluding carboxylic acids is 3. The van der Waals surface area contributed by atoms with Crippen LogP contribution in [0.4, 0.5) is 16.2 Å². The monoisotopic (exact) mass is 481 g/mol. The Morgan fingerprint density at radius 1 is 0.882 bits per heavy atom. The van der Waals surface area contributed by atoms with Gasteiger partial charge in [-0.3, -0.25) is 14.4 Å². The standard InChI is InChI=1S/C24H23N3O6S/c1-17(22(28)26-24(30)25-19-11-5-3-6-12-19)33-23(29)18-10-9-15-21(16-18)34(31,32)27(2)20-13-7-4-8-14-20/h3-17H,1-2H3,(H2,25,26,28,30). The number of benzene rings is 3. The number of imide groups is 1. The van der Waals surface area contributed by atoms with Gasteiger partial charge in [-0.25, -0.2) is 18.0 Å². The second kappa shape index (κ2) is 10.6. The first-order chi connectivity index (χ1) is 16.2. The Hall–Kier alpha value is -4.18. The lowest BCUT2D eigenvalue weighted by molar-refractivity contribution is -0.127. The van der Waals surface area contributed by atoms with Gasteiger partial charge in [0, 0.05) is 12.7 Å². The Labute approximate surface area is 197 Å². The molecule has 2 N–H and O–H groups in total. The number of nitrogens with zero attached hydrogens (tertiary/aromatic N) is 1. The van der Waals surface area contributed by atoms with Crippen LogP contribution in [0.25, 0.3) is 0 Å². The van der Waals surface area contributed by atoms with Crippen LogP contribution in [0.5, 0.6) is 0 Å². The van der Waals surface area contributed by atoms with Gasteiger partial charge in [0.1, 0.15) is 0 Å². The predicted octanol–water partition coefficient (Wildman–Crippen LogP) is 3.41. The second-order valence-electron chi connectivity index (χ2n) is 7.19. The zero-order chi connectivity index (χ0) is 24.7. The highest BCUT2D eigenvalue weighted by Gasteiger charge is 2.25. The number of rotatable bonds is 7. The maximum atomic E-state index is 13.0. The summed E-state index contributed by atoms with van der Waals surface area (Å²) in [5, 5.41) is 4.56. The molecule has 176 valence electrons. The van der Waals surface area contributed by atoms with Crippen LogP contribution < -0.4 is 14.9 Å². The molecule has 0 spiro atoms. The van der Waals surface area contributed by atoms with Crippen molar-refractivity contribution in [1.82, 2.24) is 5.32 Å². The molecule has 0 radical (unpaired) electrons. The number of hydrogen-bond donors (Lipinski definition) is 2. The third kappa shape index (κ3) is 5.99. The summed E-state index contributed by atoms with van der Waals surface area (Å²) in [6, 6.07) is 21.5. The molecule has 0 aliphatic rings. The first kappa shape index (κ1) is 24.5. The number of hydrogen-bond acceptors (Lipinski definition) is 6. The first-order valence-corrected chi connectivity index (χ1v) is 11.6. The minimum absolute atomic E-state index is 0.0593. The van der Waals surface area contributed by atoms with Gasteiger partial charge in [0.25, 0.3) is 15.9 Å². The highest BCUT2D eigenvalue weighted by molar-refractivity contribution is 7.92. The van der Waals surface area contributed by atoms with Crippen LogP contribution >= 0.6 is 0 Å². The summed E-state index contributed by atoms with van der Waals surface area (Å²) in [4.78, 5) is 36.6. The summed E-state index contributed by atoms with van der Waals surface area (Å²) in [6.07, 6.45) is -1.30. The molecule has 3 aromatic rings. The zero-order valence-electron chi connectivity index (χ0n) is 18.5. The molecule has 1 unspecified atom stereocenters. The molecule has 0 bridgehead atoms. The SMILES string of the molecule is CC(OC(=O)c1cccc(S(=O)(=O)N(C)c2ccccc2)c1)C(=O)NC(=O)Nc1ccccc1. The molecule has 0 saturated heterocycles. The average molecular weight is 482 g/mol. The number of anilines is 2. The Balaban J connectivity index is 1.65. The van der Waals surface area contributed by atoms with Crippen LogP contribution in [0.15, 0.2) is 89.8 Å². The van der Waals surface area contributed by atoms with E-state index in [9.17, 15) is 22.8 Å². The van der Waals surface area contributed by atoms with Crippen molar-refractivity contribution >= 4 is 39.3 Å². The van der Waals surface area contributed by atoms with Gasteiger partial charge in [0.2, 0.25) is 0 Å². The molecular formula is C24H23N3O6S. The van der Waals surface area contributed by atoms with Crippen LogP contribution in [0.1, 0.15) is 17.3 Å². The summed E-state index contributed by atoms with van der Waals surface area (Å²) in [7, 11) is -2.54. The highest BCUT2D eigenvalue weighted by atomic mass is 32.2. The topological polar surface area (TPSA) is 122 Å². The molecule has 0 saturated carbocycles. The van der Waals surface area contributed by atoms with E-state index in [0.29, 0.717) is 11.4 Å². The van der Waals surface area contributed by atoms with Gasteiger partial charge in [0.15, 0.2) is 6.10 Å². The number of esters is 1. The summed E-state index contributed by atoms with van der Waals surface area (Å²) in [6.45, 7) is 1.30. The van der Waals surface area contributed by atoms with Crippen molar-refractivity contribution < 1.29 is 27.5 Å². The van der Waals surface area contributed by atoms with E-state index < -0.39 is 34.0 Å². The van der Waals surface area contributed by atoms with Crippen LogP contribution in [0, 0.1) is 0 Å². The summed E-state index contributed by atoms with van der Waals surface area (Å²) >= 11 is 0. The van der Waals surface area contributed by atoms with E-state index >= 15 is 0 Å². The molecule has 34 heavy (non-hydrogen) atoms. The molecule has 10 heteroatoms. The molecule has 3 rings (SSSR count). The largest absolute Gasteiger partial charge is 0.449 e. The maximum Gasteiger partial charge on any atom is 0.338 e. The number of ether oxygens (including phenoxy) is 1. The van der Waals surface area contributed by atoms with Crippen molar-refractivity contribution in [3.63, 3.8) is 0 Å². The van der Waals surface area contributed by atoms with Crippen molar-refractivity contribution in [3.8, 4) is 0 Å². The minimum Gasteiger partial charge on any atom is -0.449 e.